The normalized spacial score (nSPS) is 10.0. The molecule has 2 rings (SSSR count). The predicted molar refractivity (Wildman–Crippen MR) is 75.3 cm³/mol. The second-order valence-electron chi connectivity index (χ2n) is 4.43. The molecule has 1 amide bonds. The Kier molecular flexibility index (Phi) is 4.66. The lowest BCUT2D eigenvalue weighted by molar-refractivity contribution is -0.131. The van der Waals surface area contributed by atoms with Crippen LogP contribution in [0.25, 0.3) is 0 Å². The van der Waals surface area contributed by atoms with Crippen LogP contribution < -0.4 is 10.1 Å². The van der Waals surface area contributed by atoms with E-state index in [2.05, 4.69) is 5.32 Å². The summed E-state index contributed by atoms with van der Waals surface area (Å²) in [6.45, 7) is 1.62. The van der Waals surface area contributed by atoms with Gasteiger partial charge in [0.15, 0.2) is 0 Å². The molecule has 0 heterocycles. The van der Waals surface area contributed by atoms with Gasteiger partial charge in [0, 0.05) is 19.0 Å². The number of hydrogen-bond acceptors (Lipinski definition) is 3. The van der Waals surface area contributed by atoms with Gasteiger partial charge in [-0.1, -0.05) is 12.1 Å². The molecule has 5 heteroatoms. The molecule has 108 valence electrons. The molecule has 21 heavy (non-hydrogen) atoms. The Bertz CT molecular complexity index is 636. The molecule has 1 N–H and O–H groups in total. The number of nitrogens with one attached hydrogen (secondary N) is 1. The second kappa shape index (κ2) is 6.65. The second-order valence-corrected chi connectivity index (χ2v) is 4.43. The minimum Gasteiger partial charge on any atom is -0.427 e. The van der Waals surface area contributed by atoms with Crippen molar-refractivity contribution in [2.45, 2.75) is 13.5 Å². The maximum Gasteiger partial charge on any atom is 0.308 e. The highest BCUT2D eigenvalue weighted by atomic mass is 19.1. The summed E-state index contributed by atoms with van der Waals surface area (Å²) in [4.78, 5) is 22.7. The van der Waals surface area contributed by atoms with E-state index < -0.39 is 5.97 Å². The van der Waals surface area contributed by atoms with Gasteiger partial charge in [0.25, 0.3) is 5.91 Å². The summed E-state index contributed by atoms with van der Waals surface area (Å²) in [7, 11) is 0. The van der Waals surface area contributed by atoms with Gasteiger partial charge in [-0.3, -0.25) is 9.59 Å². The first kappa shape index (κ1) is 14.7. The Hall–Kier alpha value is -2.69. The first-order chi connectivity index (χ1) is 10.0. The van der Waals surface area contributed by atoms with Crippen LogP contribution in [0.3, 0.4) is 0 Å². The van der Waals surface area contributed by atoms with Gasteiger partial charge in [-0.25, -0.2) is 4.39 Å². The van der Waals surface area contributed by atoms with E-state index in [-0.39, 0.29) is 11.7 Å². The number of rotatable bonds is 4. The fraction of sp³-hybridized carbons (Fsp3) is 0.125. The Morgan fingerprint density at radius 3 is 2.24 bits per heavy atom. The zero-order valence-electron chi connectivity index (χ0n) is 11.4. The fourth-order valence-corrected chi connectivity index (χ4v) is 1.73. The number of carbonyl (C=O) groups is 2. The fourth-order valence-electron chi connectivity index (χ4n) is 1.73. The summed E-state index contributed by atoms with van der Waals surface area (Å²) in [5.41, 5.74) is 1.26. The smallest absolute Gasteiger partial charge is 0.308 e. The van der Waals surface area contributed by atoms with E-state index in [4.69, 9.17) is 4.74 Å². The van der Waals surface area contributed by atoms with Crippen molar-refractivity contribution >= 4 is 11.9 Å². The first-order valence-electron chi connectivity index (χ1n) is 6.36. The van der Waals surface area contributed by atoms with Crippen molar-refractivity contribution < 1.29 is 18.7 Å². The van der Waals surface area contributed by atoms with Crippen molar-refractivity contribution in [3.05, 3.63) is 65.5 Å². The van der Waals surface area contributed by atoms with Crippen LogP contribution in [0.2, 0.25) is 0 Å². The van der Waals surface area contributed by atoms with E-state index >= 15 is 0 Å². The number of halogens is 1. The van der Waals surface area contributed by atoms with Crippen molar-refractivity contribution in [2.24, 2.45) is 0 Å². The number of carbonyl (C=O) groups excluding carboxylic acids is 2. The Labute approximate surface area is 121 Å². The lowest BCUT2D eigenvalue weighted by Gasteiger charge is -2.06. The molecule has 2 aromatic rings. The highest BCUT2D eigenvalue weighted by Crippen LogP contribution is 2.12. The Morgan fingerprint density at radius 2 is 1.67 bits per heavy atom. The van der Waals surface area contributed by atoms with Gasteiger partial charge in [-0.2, -0.15) is 0 Å². The summed E-state index contributed by atoms with van der Waals surface area (Å²) in [5, 5.41) is 2.73. The average Bonchev–Trinajstić information content (AvgIpc) is 2.46. The zero-order valence-corrected chi connectivity index (χ0v) is 11.4. The summed E-state index contributed by atoms with van der Waals surface area (Å²) in [6, 6.07) is 12.1. The highest BCUT2D eigenvalue weighted by molar-refractivity contribution is 5.94. The SMILES string of the molecule is CC(=O)Oc1ccc(C(=O)NCc2ccc(F)cc2)cc1. The lowest BCUT2D eigenvalue weighted by atomic mass is 10.2. The predicted octanol–water partition coefficient (Wildman–Crippen LogP) is 2.68. The van der Waals surface area contributed by atoms with Crippen LogP contribution in [0, 0.1) is 5.82 Å². The van der Waals surface area contributed by atoms with Crippen LogP contribution in [0.1, 0.15) is 22.8 Å². The van der Waals surface area contributed by atoms with Crippen molar-refractivity contribution in [2.75, 3.05) is 0 Å². The van der Waals surface area contributed by atoms with Crippen LogP contribution in [-0.4, -0.2) is 11.9 Å². The quantitative estimate of drug-likeness (QED) is 0.695. The van der Waals surface area contributed by atoms with Crippen LogP contribution in [0.15, 0.2) is 48.5 Å². The third kappa shape index (κ3) is 4.42. The molecule has 0 bridgehead atoms. The number of benzene rings is 2. The van der Waals surface area contributed by atoms with Gasteiger partial charge in [0.05, 0.1) is 0 Å². The molecule has 2 aromatic carbocycles. The largest absolute Gasteiger partial charge is 0.427 e. The average molecular weight is 287 g/mol. The van der Waals surface area contributed by atoms with Gasteiger partial charge < -0.3 is 10.1 Å². The van der Waals surface area contributed by atoms with E-state index in [9.17, 15) is 14.0 Å². The molecule has 0 aliphatic rings. The summed E-state index contributed by atoms with van der Waals surface area (Å²) >= 11 is 0. The molecule has 0 unspecified atom stereocenters. The topological polar surface area (TPSA) is 55.4 Å². The monoisotopic (exact) mass is 287 g/mol. The molecule has 0 aliphatic carbocycles. The number of hydrogen-bond donors (Lipinski definition) is 1. The summed E-state index contributed by atoms with van der Waals surface area (Å²) in [5.74, 6) is -0.596. The number of esters is 1. The summed E-state index contributed by atoms with van der Waals surface area (Å²) in [6.07, 6.45) is 0. The molecule has 0 saturated carbocycles. The minimum absolute atomic E-state index is 0.256. The van der Waals surface area contributed by atoms with E-state index in [0.29, 0.717) is 17.9 Å². The maximum absolute atomic E-state index is 12.8. The maximum atomic E-state index is 12.8. The van der Waals surface area contributed by atoms with E-state index in [0.717, 1.165) is 5.56 Å². The van der Waals surface area contributed by atoms with Gasteiger partial charge in [-0.05, 0) is 42.0 Å². The van der Waals surface area contributed by atoms with Crippen molar-refractivity contribution in [3.8, 4) is 5.75 Å². The standard InChI is InChI=1S/C16H14FNO3/c1-11(19)21-15-8-4-13(5-9-15)16(20)18-10-12-2-6-14(17)7-3-12/h2-9H,10H2,1H3,(H,18,20). The third-order valence-corrected chi connectivity index (χ3v) is 2.74. The molecule has 0 fully saturated rings. The molecule has 0 radical (unpaired) electrons. The number of ether oxygens (including phenoxy) is 1. The number of amides is 1. The highest BCUT2D eigenvalue weighted by Gasteiger charge is 2.06. The van der Waals surface area contributed by atoms with Crippen LogP contribution in [0.4, 0.5) is 4.39 Å². The van der Waals surface area contributed by atoms with Crippen LogP contribution in [0.5, 0.6) is 5.75 Å². The van der Waals surface area contributed by atoms with E-state index in [1.165, 1.54) is 19.1 Å². The zero-order chi connectivity index (χ0) is 15.2. The van der Waals surface area contributed by atoms with Gasteiger partial charge in [0.1, 0.15) is 11.6 Å². The van der Waals surface area contributed by atoms with Crippen LogP contribution in [-0.2, 0) is 11.3 Å². The van der Waals surface area contributed by atoms with Crippen molar-refractivity contribution in [3.63, 3.8) is 0 Å². The van der Waals surface area contributed by atoms with Gasteiger partial charge in [0.2, 0.25) is 0 Å². The molecule has 0 saturated heterocycles. The Morgan fingerprint density at radius 1 is 1.05 bits per heavy atom. The lowest BCUT2D eigenvalue weighted by Crippen LogP contribution is -2.22. The molecule has 0 aliphatic heterocycles. The van der Waals surface area contributed by atoms with Gasteiger partial charge in [-0.15, -0.1) is 0 Å². The molecule has 0 aromatic heterocycles. The van der Waals surface area contributed by atoms with Crippen LogP contribution >= 0.6 is 0 Å². The van der Waals surface area contributed by atoms with Gasteiger partial charge >= 0.3 is 5.97 Å². The molecular formula is C16H14FNO3. The van der Waals surface area contributed by atoms with E-state index in [1.54, 1.807) is 36.4 Å². The molecular weight excluding hydrogens is 273 g/mol. The first-order valence-corrected chi connectivity index (χ1v) is 6.36. The minimum atomic E-state index is -0.413. The molecule has 4 nitrogen and oxygen atoms in total. The van der Waals surface area contributed by atoms with E-state index in [1.807, 2.05) is 0 Å². The molecule has 0 spiro atoms. The molecule has 0 atom stereocenters. The Balaban J connectivity index is 1.93. The summed E-state index contributed by atoms with van der Waals surface area (Å²) < 4.78 is 17.6. The van der Waals surface area contributed by atoms with Crippen molar-refractivity contribution in [1.29, 1.82) is 0 Å². The third-order valence-electron chi connectivity index (χ3n) is 2.74. The van der Waals surface area contributed by atoms with Crippen molar-refractivity contribution in [1.82, 2.24) is 5.32 Å².